The van der Waals surface area contributed by atoms with Gasteiger partial charge in [-0.2, -0.15) is 4.31 Å². The Bertz CT molecular complexity index is 578. The first-order chi connectivity index (χ1) is 9.38. The molecule has 0 aromatic carbocycles. The van der Waals surface area contributed by atoms with Crippen molar-refractivity contribution in [3.63, 3.8) is 0 Å². The molecule has 4 nitrogen and oxygen atoms in total. The maximum absolute atomic E-state index is 12.4. The normalized spacial score (nSPS) is 13.9. The molecule has 8 heteroatoms. The molecule has 0 saturated heterocycles. The number of sulfonamides is 1. The lowest BCUT2D eigenvalue weighted by molar-refractivity contribution is 0.264. The number of nitrogens with zero attached hydrogens (tertiary/aromatic N) is 1. The van der Waals surface area contributed by atoms with Gasteiger partial charge >= 0.3 is 0 Å². The first-order valence-corrected chi connectivity index (χ1v) is 12.7. The molecule has 21 heavy (non-hydrogen) atoms. The van der Waals surface area contributed by atoms with E-state index in [-0.39, 0.29) is 5.04 Å². The van der Waals surface area contributed by atoms with Crippen molar-refractivity contribution in [1.29, 1.82) is 0 Å². The summed E-state index contributed by atoms with van der Waals surface area (Å²) in [5, 5.41) is 0.128. The minimum Gasteiger partial charge on any atom is -0.415 e. The lowest BCUT2D eigenvalue weighted by Crippen LogP contribution is -2.43. The van der Waals surface area contributed by atoms with Gasteiger partial charge in [-0.3, -0.25) is 0 Å². The van der Waals surface area contributed by atoms with Gasteiger partial charge in [0.15, 0.2) is 8.32 Å². The smallest absolute Gasteiger partial charge is 0.252 e. The van der Waals surface area contributed by atoms with Gasteiger partial charge in [-0.1, -0.05) is 20.8 Å². The van der Waals surface area contributed by atoms with Crippen LogP contribution in [-0.2, 0) is 14.4 Å². The van der Waals surface area contributed by atoms with Crippen molar-refractivity contribution in [2.24, 2.45) is 0 Å². The third-order valence-electron chi connectivity index (χ3n) is 3.89. The summed E-state index contributed by atoms with van der Waals surface area (Å²) in [5.41, 5.74) is 0. The fourth-order valence-corrected chi connectivity index (χ4v) is 5.77. The molecule has 1 heterocycles. The SMILES string of the molecule is CN(CCO[Si](C)(C)C(C)(C)C)S(=O)(=O)c1ccc(Br)s1. The van der Waals surface area contributed by atoms with E-state index in [2.05, 4.69) is 49.8 Å². The Kier molecular flexibility index (Phi) is 6.25. The van der Waals surface area contributed by atoms with Crippen LogP contribution < -0.4 is 0 Å². The highest BCUT2D eigenvalue weighted by Crippen LogP contribution is 2.36. The van der Waals surface area contributed by atoms with E-state index in [1.165, 1.54) is 15.6 Å². The van der Waals surface area contributed by atoms with E-state index in [9.17, 15) is 8.42 Å². The summed E-state index contributed by atoms with van der Waals surface area (Å²) in [6.07, 6.45) is 0. The maximum Gasteiger partial charge on any atom is 0.252 e. The van der Waals surface area contributed by atoms with Crippen LogP contribution in [0, 0.1) is 0 Å². The summed E-state index contributed by atoms with van der Waals surface area (Å²) in [6, 6.07) is 3.37. The first kappa shape index (κ1) is 19.3. The van der Waals surface area contributed by atoms with Crippen molar-refractivity contribution in [3.8, 4) is 0 Å². The van der Waals surface area contributed by atoms with Crippen molar-refractivity contribution >= 4 is 45.6 Å². The second-order valence-electron chi connectivity index (χ2n) is 6.49. The topological polar surface area (TPSA) is 46.6 Å². The van der Waals surface area contributed by atoms with E-state index in [0.717, 1.165) is 3.79 Å². The number of hydrogen-bond donors (Lipinski definition) is 0. The van der Waals surface area contributed by atoms with E-state index in [1.54, 1.807) is 19.2 Å². The number of likely N-dealkylation sites (N-methyl/N-ethyl adjacent to an activating group) is 1. The lowest BCUT2D eigenvalue weighted by atomic mass is 10.2. The molecule has 122 valence electrons. The zero-order valence-corrected chi connectivity index (χ0v) is 17.7. The number of thiophene rings is 1. The fraction of sp³-hybridized carbons (Fsp3) is 0.692. The summed E-state index contributed by atoms with van der Waals surface area (Å²) in [6.45, 7) is 11.6. The molecule has 1 rings (SSSR count). The number of hydrogen-bond acceptors (Lipinski definition) is 4. The van der Waals surface area contributed by atoms with Crippen LogP contribution in [-0.4, -0.2) is 41.2 Å². The predicted octanol–water partition coefficient (Wildman–Crippen LogP) is 4.15. The highest BCUT2D eigenvalue weighted by atomic mass is 79.9. The summed E-state index contributed by atoms with van der Waals surface area (Å²) in [7, 11) is -3.65. The van der Waals surface area contributed by atoms with E-state index in [1.807, 2.05) is 0 Å². The molecule has 0 fully saturated rings. The summed E-state index contributed by atoms with van der Waals surface area (Å²) in [5.74, 6) is 0. The molecule has 0 amide bonds. The average Bonchev–Trinajstić information content (AvgIpc) is 2.74. The summed E-state index contributed by atoms with van der Waals surface area (Å²) >= 11 is 4.51. The molecule has 0 radical (unpaired) electrons. The largest absolute Gasteiger partial charge is 0.415 e. The monoisotopic (exact) mass is 413 g/mol. The summed E-state index contributed by atoms with van der Waals surface area (Å²) < 4.78 is 33.3. The zero-order valence-electron chi connectivity index (χ0n) is 13.4. The van der Waals surface area contributed by atoms with Gasteiger partial charge in [0, 0.05) is 20.2 Å². The van der Waals surface area contributed by atoms with Gasteiger partial charge in [0.05, 0.1) is 3.79 Å². The Labute approximate surface area is 141 Å². The van der Waals surface area contributed by atoms with Gasteiger partial charge in [0.2, 0.25) is 0 Å². The van der Waals surface area contributed by atoms with Crippen molar-refractivity contribution in [2.45, 2.75) is 43.1 Å². The minimum atomic E-state index is -3.41. The molecule has 0 aliphatic carbocycles. The molecule has 1 aromatic rings. The molecule has 0 saturated carbocycles. The van der Waals surface area contributed by atoms with Gasteiger partial charge < -0.3 is 4.43 Å². The Morgan fingerprint density at radius 1 is 1.33 bits per heavy atom. The third-order valence-corrected chi connectivity index (χ3v) is 12.4. The van der Waals surface area contributed by atoms with E-state index in [4.69, 9.17) is 4.43 Å². The van der Waals surface area contributed by atoms with Crippen LogP contribution in [0.5, 0.6) is 0 Å². The predicted molar refractivity (Wildman–Crippen MR) is 95.0 cm³/mol. The number of rotatable bonds is 6. The quantitative estimate of drug-likeness (QED) is 0.657. The maximum atomic E-state index is 12.4. The van der Waals surface area contributed by atoms with Crippen LogP contribution in [0.15, 0.2) is 20.1 Å². The Balaban J connectivity index is 2.65. The van der Waals surface area contributed by atoms with Crippen molar-refractivity contribution in [1.82, 2.24) is 4.31 Å². The molecule has 0 unspecified atom stereocenters. The standard InChI is InChI=1S/C13H24BrNO3S2Si/c1-13(2,3)21(5,6)18-10-9-15(4)20(16,17)12-8-7-11(14)19-12/h7-8H,9-10H2,1-6H3. The second kappa shape index (κ2) is 6.80. The molecule has 0 aliphatic rings. The highest BCUT2D eigenvalue weighted by Gasteiger charge is 2.37. The van der Waals surface area contributed by atoms with Crippen LogP contribution in [0.3, 0.4) is 0 Å². The highest BCUT2D eigenvalue weighted by molar-refractivity contribution is 9.11. The van der Waals surface area contributed by atoms with Crippen molar-refractivity contribution < 1.29 is 12.8 Å². The fourth-order valence-electron chi connectivity index (χ4n) is 1.36. The van der Waals surface area contributed by atoms with Crippen LogP contribution in [0.4, 0.5) is 0 Å². The summed E-state index contributed by atoms with van der Waals surface area (Å²) in [4.78, 5) is 0. The van der Waals surface area contributed by atoms with Crippen LogP contribution in [0.2, 0.25) is 18.1 Å². The minimum absolute atomic E-state index is 0.128. The van der Waals surface area contributed by atoms with E-state index >= 15 is 0 Å². The Morgan fingerprint density at radius 3 is 2.33 bits per heavy atom. The van der Waals surface area contributed by atoms with Gasteiger partial charge in [0.25, 0.3) is 10.0 Å². The second-order valence-corrected chi connectivity index (χ2v) is 16.0. The lowest BCUT2D eigenvalue weighted by Gasteiger charge is -2.36. The van der Waals surface area contributed by atoms with Crippen LogP contribution in [0.1, 0.15) is 20.8 Å². The third kappa shape index (κ3) is 4.87. The van der Waals surface area contributed by atoms with Crippen LogP contribution in [0.25, 0.3) is 0 Å². The molecule has 0 aliphatic heterocycles. The molecule has 0 N–H and O–H groups in total. The molecule has 0 spiro atoms. The zero-order chi connectivity index (χ0) is 16.5. The van der Waals surface area contributed by atoms with Crippen molar-refractivity contribution in [2.75, 3.05) is 20.2 Å². The van der Waals surface area contributed by atoms with Gasteiger partial charge in [0.1, 0.15) is 4.21 Å². The average molecular weight is 414 g/mol. The molecule has 1 aromatic heterocycles. The Hall–Kier alpha value is 0.267. The number of halogens is 1. The van der Waals surface area contributed by atoms with Gasteiger partial charge in [-0.25, -0.2) is 8.42 Å². The van der Waals surface area contributed by atoms with Gasteiger partial charge in [-0.05, 0) is 46.2 Å². The molecule has 0 bridgehead atoms. The first-order valence-electron chi connectivity index (χ1n) is 6.73. The Morgan fingerprint density at radius 2 is 1.90 bits per heavy atom. The van der Waals surface area contributed by atoms with Gasteiger partial charge in [-0.15, -0.1) is 11.3 Å². The van der Waals surface area contributed by atoms with Crippen LogP contribution >= 0.6 is 27.3 Å². The molecular weight excluding hydrogens is 390 g/mol. The molecular formula is C13H24BrNO3S2Si. The molecule has 0 atom stereocenters. The van der Waals surface area contributed by atoms with E-state index < -0.39 is 18.3 Å². The van der Waals surface area contributed by atoms with Crippen molar-refractivity contribution in [3.05, 3.63) is 15.9 Å². The van der Waals surface area contributed by atoms with E-state index in [0.29, 0.717) is 17.4 Å².